The smallest absolute Gasteiger partial charge is 0.245 e. The van der Waals surface area contributed by atoms with Gasteiger partial charge in [-0.05, 0) is 48.4 Å². The van der Waals surface area contributed by atoms with Crippen molar-refractivity contribution in [3.05, 3.63) is 58.3 Å². The van der Waals surface area contributed by atoms with Crippen LogP contribution in [0.3, 0.4) is 0 Å². The van der Waals surface area contributed by atoms with Gasteiger partial charge in [0, 0.05) is 55.0 Å². The molecule has 1 N–H and O–H groups in total. The molecule has 3 heterocycles. The van der Waals surface area contributed by atoms with Gasteiger partial charge in [0.25, 0.3) is 0 Å². The Morgan fingerprint density at radius 2 is 1.95 bits per heavy atom. The third-order valence-corrected chi connectivity index (χ3v) is 7.78. The van der Waals surface area contributed by atoms with Crippen molar-refractivity contribution in [2.45, 2.75) is 52.4 Å². The van der Waals surface area contributed by atoms with Crippen LogP contribution < -0.4 is 0 Å². The van der Waals surface area contributed by atoms with E-state index in [2.05, 4.69) is 48.6 Å². The Hall–Kier alpha value is -3.00. The average molecular weight is 528 g/mol. The van der Waals surface area contributed by atoms with E-state index < -0.39 is 6.67 Å². The normalized spacial score (nSPS) is 18.1. The first-order valence-electron chi connectivity index (χ1n) is 12.6. The van der Waals surface area contributed by atoms with Crippen LogP contribution >= 0.6 is 11.6 Å². The minimum atomic E-state index is -0.561. The fraction of sp³-hybridized carbons (Fsp3) is 0.500. The van der Waals surface area contributed by atoms with Gasteiger partial charge in [0.05, 0.1) is 17.9 Å². The monoisotopic (exact) mass is 527 g/mol. The second-order valence-corrected chi connectivity index (χ2v) is 11.5. The van der Waals surface area contributed by atoms with E-state index in [1.165, 1.54) is 6.08 Å². The minimum Gasteiger partial charge on any atom is -0.338 e. The Labute approximate surface area is 222 Å². The van der Waals surface area contributed by atoms with Gasteiger partial charge in [-0.3, -0.25) is 19.1 Å². The number of nitrogens with one attached hydrogen (secondary N) is 1. The van der Waals surface area contributed by atoms with E-state index >= 15 is 0 Å². The molecule has 37 heavy (non-hydrogen) atoms. The van der Waals surface area contributed by atoms with E-state index in [-0.39, 0.29) is 35.4 Å². The number of halogens is 2. The molecule has 0 aliphatic carbocycles. The highest BCUT2D eigenvalue weighted by Crippen LogP contribution is 2.34. The number of hydrogen-bond donors (Lipinski definition) is 1. The van der Waals surface area contributed by atoms with E-state index in [0.717, 1.165) is 28.0 Å². The summed E-state index contributed by atoms with van der Waals surface area (Å²) in [6.07, 6.45) is 2.70. The van der Waals surface area contributed by atoms with Crippen molar-refractivity contribution in [3.8, 4) is 0 Å². The van der Waals surface area contributed by atoms with Gasteiger partial charge in [0.15, 0.2) is 5.78 Å². The average Bonchev–Trinajstić information content (AvgIpc) is 3.50. The summed E-state index contributed by atoms with van der Waals surface area (Å²) in [5, 5.41) is 9.31. The van der Waals surface area contributed by atoms with Crippen LogP contribution in [0.2, 0.25) is 5.02 Å². The number of H-pyrrole nitrogens is 1. The second-order valence-electron chi connectivity index (χ2n) is 11.1. The molecule has 2 atom stereocenters. The molecule has 1 aliphatic rings. The van der Waals surface area contributed by atoms with Gasteiger partial charge in [0.2, 0.25) is 5.91 Å². The van der Waals surface area contributed by atoms with Crippen molar-refractivity contribution in [3.63, 3.8) is 0 Å². The summed E-state index contributed by atoms with van der Waals surface area (Å²) in [6, 6.07) is 4.01. The summed E-state index contributed by atoms with van der Waals surface area (Å²) in [4.78, 5) is 31.6. The number of aromatic nitrogens is 4. The zero-order valence-electron chi connectivity index (χ0n) is 22.2. The van der Waals surface area contributed by atoms with Crippen LogP contribution in [-0.4, -0.2) is 56.1 Å². The van der Waals surface area contributed by atoms with E-state index in [1.807, 2.05) is 24.6 Å². The maximum absolute atomic E-state index is 13.7. The van der Waals surface area contributed by atoms with Gasteiger partial charge < -0.3 is 9.47 Å². The Balaban J connectivity index is 1.50. The van der Waals surface area contributed by atoms with Crippen molar-refractivity contribution in [2.24, 2.45) is 18.9 Å². The number of ketones is 1. The molecule has 1 aliphatic heterocycles. The molecule has 1 fully saturated rings. The lowest BCUT2D eigenvalue weighted by Crippen LogP contribution is -2.27. The number of fused-ring (bicyclic) bond motifs is 1. The Morgan fingerprint density at radius 1 is 1.24 bits per heavy atom. The fourth-order valence-corrected chi connectivity index (χ4v) is 5.82. The van der Waals surface area contributed by atoms with Gasteiger partial charge >= 0.3 is 0 Å². The molecule has 7 nitrogen and oxygen atoms in total. The Bertz CT molecular complexity index is 1350. The molecule has 0 unspecified atom stereocenters. The van der Waals surface area contributed by atoms with Crippen molar-refractivity contribution >= 4 is 34.2 Å². The van der Waals surface area contributed by atoms with Crippen molar-refractivity contribution in [1.29, 1.82) is 0 Å². The summed E-state index contributed by atoms with van der Waals surface area (Å²) in [6.45, 7) is 11.8. The maximum Gasteiger partial charge on any atom is 0.245 e. The highest BCUT2D eigenvalue weighted by molar-refractivity contribution is 6.32. The van der Waals surface area contributed by atoms with Crippen LogP contribution in [0.4, 0.5) is 4.39 Å². The molecule has 0 bridgehead atoms. The largest absolute Gasteiger partial charge is 0.338 e. The summed E-state index contributed by atoms with van der Waals surface area (Å²) in [5.41, 5.74) is 3.99. The minimum absolute atomic E-state index is 0.0773. The van der Waals surface area contributed by atoms with E-state index in [1.54, 1.807) is 4.90 Å². The van der Waals surface area contributed by atoms with Crippen LogP contribution in [-0.2, 0) is 30.1 Å². The maximum atomic E-state index is 13.7. The first-order valence-corrected chi connectivity index (χ1v) is 13.0. The SMILES string of the molecule is C=CC(=O)N1C[C@@H](CF)[C@@H](CC(=O)c2c(C)nc(CCc3[nH]nc4cc(Cl)c(C(C)(C)C)cc34)n2C)C1. The number of carbonyl (C=O) groups is 2. The molecule has 2 aromatic heterocycles. The highest BCUT2D eigenvalue weighted by Gasteiger charge is 2.36. The van der Waals surface area contributed by atoms with Gasteiger partial charge in [-0.25, -0.2) is 4.98 Å². The predicted molar refractivity (Wildman–Crippen MR) is 144 cm³/mol. The van der Waals surface area contributed by atoms with Gasteiger partial charge in [-0.15, -0.1) is 0 Å². The van der Waals surface area contributed by atoms with Crippen LogP contribution in [0.1, 0.15) is 60.5 Å². The van der Waals surface area contributed by atoms with Gasteiger partial charge in [-0.1, -0.05) is 39.0 Å². The number of benzene rings is 1. The number of imidazole rings is 1. The highest BCUT2D eigenvalue weighted by atomic mass is 35.5. The molecule has 0 spiro atoms. The van der Waals surface area contributed by atoms with Crippen LogP contribution in [0.5, 0.6) is 0 Å². The third kappa shape index (κ3) is 5.35. The Kier molecular flexibility index (Phi) is 7.60. The topological polar surface area (TPSA) is 83.9 Å². The molecule has 9 heteroatoms. The number of alkyl halides is 1. The van der Waals surface area contributed by atoms with Crippen LogP contribution in [0.25, 0.3) is 10.9 Å². The quantitative estimate of drug-likeness (QED) is 0.324. The summed E-state index contributed by atoms with van der Waals surface area (Å²) in [5.74, 6) is -0.0759. The van der Waals surface area contributed by atoms with Gasteiger partial charge in [-0.2, -0.15) is 5.10 Å². The standard InChI is InChI=1S/C28H35ClFN5O2/c1-7-26(37)35-14-17(18(13-30)15-35)10-24(36)27-16(2)31-25(34(27)6)9-8-22-19-11-20(28(3,4)5)21(29)12-23(19)33-32-22/h7,11-12,17-18H,1,8-10,13-15H2,2-6H3,(H,32,33)/t17-,18+/m0/s1. The molecular formula is C28H35ClFN5O2. The van der Waals surface area contributed by atoms with E-state index in [9.17, 15) is 14.0 Å². The molecule has 3 aromatic rings. The zero-order valence-corrected chi connectivity index (χ0v) is 23.0. The number of amides is 1. The second kappa shape index (κ2) is 10.4. The number of aryl methyl sites for hydroxylation is 3. The molecule has 1 aromatic carbocycles. The lowest BCUT2D eigenvalue weighted by molar-refractivity contribution is -0.125. The number of hydrogen-bond acceptors (Lipinski definition) is 4. The summed E-state index contributed by atoms with van der Waals surface area (Å²) >= 11 is 6.51. The predicted octanol–water partition coefficient (Wildman–Crippen LogP) is 5.14. The lowest BCUT2D eigenvalue weighted by Gasteiger charge is -2.20. The lowest BCUT2D eigenvalue weighted by atomic mass is 9.86. The molecule has 1 saturated heterocycles. The number of likely N-dealkylation sites (tertiary alicyclic amines) is 1. The number of aromatic amines is 1. The van der Waals surface area contributed by atoms with Crippen molar-refractivity contribution in [1.82, 2.24) is 24.6 Å². The molecule has 4 rings (SSSR count). The number of rotatable bonds is 8. The molecule has 1 amide bonds. The molecule has 0 radical (unpaired) electrons. The van der Waals surface area contributed by atoms with Gasteiger partial charge in [0.1, 0.15) is 11.5 Å². The first-order chi connectivity index (χ1) is 17.4. The molecule has 0 saturated carbocycles. The van der Waals surface area contributed by atoms with Crippen LogP contribution in [0.15, 0.2) is 24.8 Å². The fourth-order valence-electron chi connectivity index (χ4n) is 5.38. The Morgan fingerprint density at radius 3 is 2.59 bits per heavy atom. The van der Waals surface area contributed by atoms with Crippen LogP contribution in [0, 0.1) is 18.8 Å². The first kappa shape index (κ1) is 27.0. The zero-order chi connectivity index (χ0) is 27.1. The van der Waals surface area contributed by atoms with E-state index in [4.69, 9.17) is 11.6 Å². The number of Topliss-reactive ketones (excluding diaryl/α,β-unsaturated/α-hetero) is 1. The van der Waals surface area contributed by atoms with E-state index in [0.29, 0.717) is 42.3 Å². The van der Waals surface area contributed by atoms with Crippen molar-refractivity contribution < 1.29 is 14.0 Å². The summed E-state index contributed by atoms with van der Waals surface area (Å²) in [7, 11) is 1.85. The molecular weight excluding hydrogens is 493 g/mol. The molecule has 198 valence electrons. The number of carbonyl (C=O) groups excluding carboxylic acids is 2. The summed E-state index contributed by atoms with van der Waals surface area (Å²) < 4.78 is 15.5. The van der Waals surface area contributed by atoms with Crippen molar-refractivity contribution in [2.75, 3.05) is 19.8 Å². The third-order valence-electron chi connectivity index (χ3n) is 7.46. The number of nitrogens with zero attached hydrogens (tertiary/aromatic N) is 4.